The lowest BCUT2D eigenvalue weighted by atomic mass is 9.99. The average Bonchev–Trinajstić information content (AvgIpc) is 2.69. The fourth-order valence-corrected chi connectivity index (χ4v) is 2.00. The van der Waals surface area contributed by atoms with Gasteiger partial charge in [-0.3, -0.25) is 0 Å². The minimum absolute atomic E-state index is 0.0594. The summed E-state index contributed by atoms with van der Waals surface area (Å²) in [6.07, 6.45) is -0.796. The zero-order chi connectivity index (χ0) is 10.8. The summed E-state index contributed by atoms with van der Waals surface area (Å²) in [5.74, 6) is -0.455. The van der Waals surface area contributed by atoms with Crippen LogP contribution in [0.1, 0.15) is 36.4 Å². The molecular weight excluding hydrogens is 203 g/mol. The highest BCUT2D eigenvalue weighted by Gasteiger charge is 2.23. The summed E-state index contributed by atoms with van der Waals surface area (Å²) in [5, 5.41) is 3.10. The molecule has 15 heavy (non-hydrogen) atoms. The molecule has 2 rings (SSSR count). The van der Waals surface area contributed by atoms with Gasteiger partial charge in [0.05, 0.1) is 0 Å². The van der Waals surface area contributed by atoms with Gasteiger partial charge in [-0.1, -0.05) is 6.07 Å². The molecule has 82 valence electrons. The van der Waals surface area contributed by atoms with Crippen LogP contribution in [-0.4, -0.2) is 6.54 Å². The van der Waals surface area contributed by atoms with Crippen molar-refractivity contribution in [3.8, 4) is 0 Å². The van der Waals surface area contributed by atoms with Crippen LogP contribution in [0.3, 0.4) is 0 Å². The lowest BCUT2D eigenvalue weighted by Gasteiger charge is -2.15. The molecule has 0 amide bonds. The molecule has 1 heterocycles. The molecule has 4 heteroatoms. The first-order valence-corrected chi connectivity index (χ1v) is 4.99. The van der Waals surface area contributed by atoms with Gasteiger partial charge in [0.1, 0.15) is 5.82 Å². The van der Waals surface area contributed by atoms with E-state index < -0.39 is 12.2 Å². The van der Waals surface area contributed by atoms with Gasteiger partial charge >= 0.3 is 0 Å². The minimum atomic E-state index is -2.54. The summed E-state index contributed by atoms with van der Waals surface area (Å²) in [4.78, 5) is 0. The smallest absolute Gasteiger partial charge is 0.264 e. The highest BCUT2D eigenvalue weighted by Crippen LogP contribution is 2.32. The van der Waals surface area contributed by atoms with Crippen LogP contribution in [0.25, 0.3) is 0 Å². The van der Waals surface area contributed by atoms with Crippen LogP contribution < -0.4 is 5.32 Å². The Morgan fingerprint density at radius 2 is 2.13 bits per heavy atom. The van der Waals surface area contributed by atoms with Crippen LogP contribution in [-0.2, 0) is 0 Å². The van der Waals surface area contributed by atoms with Gasteiger partial charge in [0.15, 0.2) is 0 Å². The molecule has 0 radical (unpaired) electrons. The second-order valence-electron chi connectivity index (χ2n) is 3.72. The quantitative estimate of drug-likeness (QED) is 0.798. The summed E-state index contributed by atoms with van der Waals surface area (Å²) >= 11 is 0. The number of nitrogens with one attached hydrogen (secondary N) is 1. The summed E-state index contributed by atoms with van der Waals surface area (Å²) in [6, 6.07) is 3.35. The Morgan fingerprint density at radius 1 is 1.33 bits per heavy atom. The Balaban J connectivity index is 2.37. The summed E-state index contributed by atoms with van der Waals surface area (Å²) < 4.78 is 38.3. The van der Waals surface area contributed by atoms with Crippen molar-refractivity contribution in [3.63, 3.8) is 0 Å². The number of hydrogen-bond acceptors (Lipinski definition) is 1. The van der Waals surface area contributed by atoms with E-state index in [1.807, 2.05) is 0 Å². The number of hydrogen-bond donors (Lipinski definition) is 1. The largest absolute Gasteiger partial charge is 0.310 e. The lowest BCUT2D eigenvalue weighted by Crippen LogP contribution is -2.15. The molecule has 0 aliphatic carbocycles. The number of alkyl halides is 2. The normalized spacial score (nSPS) is 21.2. The van der Waals surface area contributed by atoms with Crippen LogP contribution in [0, 0.1) is 5.82 Å². The Morgan fingerprint density at radius 3 is 2.73 bits per heavy atom. The summed E-state index contributed by atoms with van der Waals surface area (Å²) in [6.45, 7) is 0.809. The van der Waals surface area contributed by atoms with E-state index in [1.165, 1.54) is 12.1 Å². The third kappa shape index (κ3) is 2.15. The first-order chi connectivity index (χ1) is 7.18. The van der Waals surface area contributed by atoms with Gasteiger partial charge in [0.2, 0.25) is 0 Å². The highest BCUT2D eigenvalue weighted by atomic mass is 19.3. The van der Waals surface area contributed by atoms with E-state index in [2.05, 4.69) is 5.32 Å². The maximum absolute atomic E-state index is 13.0. The van der Waals surface area contributed by atoms with Crippen LogP contribution in [0.4, 0.5) is 13.2 Å². The van der Waals surface area contributed by atoms with Crippen molar-refractivity contribution >= 4 is 0 Å². The second kappa shape index (κ2) is 4.23. The number of rotatable bonds is 2. The molecule has 0 unspecified atom stereocenters. The van der Waals surface area contributed by atoms with Crippen molar-refractivity contribution < 1.29 is 13.2 Å². The zero-order valence-electron chi connectivity index (χ0n) is 8.14. The molecule has 1 aliphatic heterocycles. The SMILES string of the molecule is Fc1ccc(C(F)F)c([C@H]2CCCN2)c1. The first kappa shape index (κ1) is 10.5. The monoisotopic (exact) mass is 215 g/mol. The molecular formula is C11H12F3N. The molecule has 1 nitrogen and oxygen atoms in total. The fraction of sp³-hybridized carbons (Fsp3) is 0.455. The molecule has 1 saturated heterocycles. The predicted octanol–water partition coefficient (Wildman–Crippen LogP) is 3.19. The Kier molecular flexibility index (Phi) is 2.95. The van der Waals surface area contributed by atoms with Gasteiger partial charge in [-0.05, 0) is 37.1 Å². The van der Waals surface area contributed by atoms with Crippen LogP contribution in [0.5, 0.6) is 0 Å². The Labute approximate surface area is 86.3 Å². The number of benzene rings is 1. The van der Waals surface area contributed by atoms with E-state index in [4.69, 9.17) is 0 Å². The van der Waals surface area contributed by atoms with Gasteiger partial charge in [0.25, 0.3) is 6.43 Å². The zero-order valence-corrected chi connectivity index (χ0v) is 8.14. The van der Waals surface area contributed by atoms with Gasteiger partial charge in [-0.2, -0.15) is 0 Å². The van der Waals surface area contributed by atoms with Crippen molar-refractivity contribution in [2.45, 2.75) is 25.3 Å². The fourth-order valence-electron chi connectivity index (χ4n) is 2.00. The maximum atomic E-state index is 13.0. The van der Waals surface area contributed by atoms with Crippen molar-refractivity contribution in [3.05, 3.63) is 35.1 Å². The molecule has 0 aromatic heterocycles. The minimum Gasteiger partial charge on any atom is -0.310 e. The first-order valence-electron chi connectivity index (χ1n) is 4.99. The molecule has 1 aliphatic rings. The van der Waals surface area contributed by atoms with Crippen molar-refractivity contribution in [2.24, 2.45) is 0 Å². The molecule has 1 aromatic rings. The van der Waals surface area contributed by atoms with E-state index in [1.54, 1.807) is 0 Å². The average molecular weight is 215 g/mol. The Bertz CT molecular complexity index is 346. The van der Waals surface area contributed by atoms with E-state index >= 15 is 0 Å². The third-order valence-electron chi connectivity index (χ3n) is 2.72. The van der Waals surface area contributed by atoms with E-state index in [0.717, 1.165) is 25.5 Å². The molecule has 1 atom stereocenters. The van der Waals surface area contributed by atoms with Crippen molar-refractivity contribution in [1.29, 1.82) is 0 Å². The Hall–Kier alpha value is -1.03. The lowest BCUT2D eigenvalue weighted by molar-refractivity contribution is 0.149. The summed E-state index contributed by atoms with van der Waals surface area (Å²) in [5.41, 5.74) is 0.346. The molecule has 0 saturated carbocycles. The number of halogens is 3. The molecule has 1 aromatic carbocycles. The topological polar surface area (TPSA) is 12.0 Å². The van der Waals surface area contributed by atoms with Gasteiger partial charge in [-0.15, -0.1) is 0 Å². The van der Waals surface area contributed by atoms with E-state index in [0.29, 0.717) is 5.56 Å². The van der Waals surface area contributed by atoms with Crippen LogP contribution in [0.2, 0.25) is 0 Å². The van der Waals surface area contributed by atoms with Crippen molar-refractivity contribution in [2.75, 3.05) is 6.54 Å². The maximum Gasteiger partial charge on any atom is 0.264 e. The highest BCUT2D eigenvalue weighted by molar-refractivity contribution is 5.32. The standard InChI is InChI=1S/C11H12F3N/c12-7-3-4-8(11(13)14)9(6-7)10-2-1-5-15-10/h3-4,6,10-11,15H,1-2,5H2/t10-/m1/s1. The van der Waals surface area contributed by atoms with Gasteiger partial charge in [-0.25, -0.2) is 13.2 Å². The molecule has 0 bridgehead atoms. The van der Waals surface area contributed by atoms with Gasteiger partial charge < -0.3 is 5.32 Å². The molecule has 1 fully saturated rings. The molecule has 1 N–H and O–H groups in total. The summed E-state index contributed by atoms with van der Waals surface area (Å²) in [7, 11) is 0. The predicted molar refractivity (Wildman–Crippen MR) is 51.3 cm³/mol. The van der Waals surface area contributed by atoms with Crippen LogP contribution in [0.15, 0.2) is 18.2 Å². The van der Waals surface area contributed by atoms with Crippen LogP contribution >= 0.6 is 0 Å². The van der Waals surface area contributed by atoms with E-state index in [-0.39, 0.29) is 11.6 Å². The third-order valence-corrected chi connectivity index (χ3v) is 2.72. The van der Waals surface area contributed by atoms with Crippen molar-refractivity contribution in [1.82, 2.24) is 5.32 Å². The van der Waals surface area contributed by atoms with Gasteiger partial charge in [0, 0.05) is 11.6 Å². The van der Waals surface area contributed by atoms with E-state index in [9.17, 15) is 13.2 Å². The molecule has 0 spiro atoms. The second-order valence-corrected chi connectivity index (χ2v) is 3.72.